The van der Waals surface area contributed by atoms with E-state index in [2.05, 4.69) is 10.4 Å². The molecule has 1 aromatic carbocycles. The number of aromatic nitrogens is 2. The fourth-order valence-electron chi connectivity index (χ4n) is 3.79. The topological polar surface area (TPSA) is 76.5 Å². The van der Waals surface area contributed by atoms with Crippen molar-refractivity contribution in [3.63, 3.8) is 0 Å². The van der Waals surface area contributed by atoms with Gasteiger partial charge in [0.1, 0.15) is 11.6 Å². The Morgan fingerprint density at radius 1 is 1.17 bits per heavy atom. The van der Waals surface area contributed by atoms with E-state index in [9.17, 15) is 9.59 Å². The van der Waals surface area contributed by atoms with Crippen LogP contribution in [0.25, 0.3) is 5.69 Å². The Kier molecular flexibility index (Phi) is 6.48. The van der Waals surface area contributed by atoms with E-state index in [4.69, 9.17) is 4.74 Å². The number of hydrogen-bond donors (Lipinski definition) is 1. The summed E-state index contributed by atoms with van der Waals surface area (Å²) in [4.78, 5) is 27.1. The van der Waals surface area contributed by atoms with Crippen molar-refractivity contribution in [2.75, 3.05) is 6.54 Å². The molecule has 1 aromatic heterocycles. The van der Waals surface area contributed by atoms with Gasteiger partial charge >= 0.3 is 6.09 Å². The summed E-state index contributed by atoms with van der Waals surface area (Å²) in [5, 5.41) is 7.66. The molecule has 0 spiro atoms. The normalized spacial score (nSPS) is 17.0. The van der Waals surface area contributed by atoms with E-state index in [0.717, 1.165) is 35.5 Å². The lowest BCUT2D eigenvalue weighted by Gasteiger charge is -2.35. The number of likely N-dealkylation sites (tertiary alicyclic amines) is 1. The minimum Gasteiger partial charge on any atom is -0.444 e. The number of nitrogens with one attached hydrogen (secondary N) is 1. The fourth-order valence-corrected chi connectivity index (χ4v) is 3.79. The van der Waals surface area contributed by atoms with Gasteiger partial charge in [0, 0.05) is 24.3 Å². The molecule has 1 aliphatic rings. The number of hydrogen-bond acceptors (Lipinski definition) is 4. The molecule has 0 aliphatic carbocycles. The number of nitrogens with zero attached hydrogens (tertiary/aromatic N) is 3. The number of carbonyl (C=O) groups is 2. The summed E-state index contributed by atoms with van der Waals surface area (Å²) in [5.74, 6) is -0.146. The Hall–Kier alpha value is -2.83. The number of rotatable bonds is 4. The minimum atomic E-state index is -0.587. The van der Waals surface area contributed by atoms with Crippen LogP contribution in [-0.2, 0) is 16.1 Å². The van der Waals surface area contributed by atoms with Crippen LogP contribution in [0, 0.1) is 13.8 Å². The van der Waals surface area contributed by atoms with E-state index < -0.39 is 17.7 Å². The third-order valence-corrected chi connectivity index (χ3v) is 5.31. The summed E-state index contributed by atoms with van der Waals surface area (Å²) in [6, 6.07) is 9.42. The smallest absolute Gasteiger partial charge is 0.410 e. The summed E-state index contributed by atoms with van der Waals surface area (Å²) in [7, 11) is 0. The van der Waals surface area contributed by atoms with Gasteiger partial charge in [-0.2, -0.15) is 5.10 Å². The standard InChI is InChI=1S/C23H32N4O3/c1-16-19(17(2)27(25-16)18-11-7-6-8-12-18)15-24-21(28)20-13-9-10-14-26(20)22(29)30-23(3,4)5/h6-8,11-12,20H,9-10,13-15H2,1-5H3,(H,24,28). The first-order valence-corrected chi connectivity index (χ1v) is 10.6. The monoisotopic (exact) mass is 412 g/mol. The zero-order valence-corrected chi connectivity index (χ0v) is 18.6. The average Bonchev–Trinajstić information content (AvgIpc) is 2.99. The molecule has 7 nitrogen and oxygen atoms in total. The Balaban J connectivity index is 1.70. The number of aryl methyl sites for hydroxylation is 1. The highest BCUT2D eigenvalue weighted by molar-refractivity contribution is 5.86. The number of amides is 2. The molecule has 162 valence electrons. The first kappa shape index (κ1) is 21.9. The fraction of sp³-hybridized carbons (Fsp3) is 0.522. The molecule has 1 N–H and O–H groups in total. The van der Waals surface area contributed by atoms with Gasteiger partial charge in [0.15, 0.2) is 0 Å². The van der Waals surface area contributed by atoms with Crippen molar-refractivity contribution >= 4 is 12.0 Å². The molecule has 0 bridgehead atoms. The number of ether oxygens (including phenoxy) is 1. The molecule has 3 rings (SSSR count). The summed E-state index contributed by atoms with van der Waals surface area (Å²) < 4.78 is 7.40. The molecule has 7 heteroatoms. The SMILES string of the molecule is Cc1nn(-c2ccccc2)c(C)c1CNC(=O)C1CCCCN1C(=O)OC(C)(C)C. The van der Waals surface area contributed by atoms with Crippen molar-refractivity contribution in [2.45, 2.75) is 72.1 Å². The largest absolute Gasteiger partial charge is 0.444 e. The molecule has 30 heavy (non-hydrogen) atoms. The van der Waals surface area contributed by atoms with Gasteiger partial charge in [-0.3, -0.25) is 9.69 Å². The highest BCUT2D eigenvalue weighted by Gasteiger charge is 2.34. The molecule has 1 atom stereocenters. The predicted molar refractivity (Wildman–Crippen MR) is 115 cm³/mol. The quantitative estimate of drug-likeness (QED) is 0.826. The molecule has 2 heterocycles. The molecule has 0 radical (unpaired) electrons. The number of para-hydroxylation sites is 1. The second kappa shape index (κ2) is 8.90. The Morgan fingerprint density at radius 3 is 2.53 bits per heavy atom. The summed E-state index contributed by atoms with van der Waals surface area (Å²) in [5.41, 5.74) is 3.26. The van der Waals surface area contributed by atoms with E-state index in [1.807, 2.05) is 69.6 Å². The first-order chi connectivity index (χ1) is 14.2. The van der Waals surface area contributed by atoms with Crippen LogP contribution in [0.15, 0.2) is 30.3 Å². The predicted octanol–water partition coefficient (Wildman–Crippen LogP) is 3.89. The van der Waals surface area contributed by atoms with Gasteiger partial charge in [-0.05, 0) is 66.0 Å². The Labute approximate surface area is 178 Å². The first-order valence-electron chi connectivity index (χ1n) is 10.6. The third-order valence-electron chi connectivity index (χ3n) is 5.31. The number of piperidine rings is 1. The van der Waals surface area contributed by atoms with Crippen molar-refractivity contribution in [1.29, 1.82) is 0 Å². The van der Waals surface area contributed by atoms with Gasteiger partial charge in [-0.1, -0.05) is 18.2 Å². The molecule has 1 saturated heterocycles. The van der Waals surface area contributed by atoms with Crippen LogP contribution in [0.2, 0.25) is 0 Å². The lowest BCUT2D eigenvalue weighted by atomic mass is 10.0. The maximum absolute atomic E-state index is 13.0. The molecular formula is C23H32N4O3. The van der Waals surface area contributed by atoms with Crippen LogP contribution in [0.5, 0.6) is 0 Å². The van der Waals surface area contributed by atoms with E-state index in [-0.39, 0.29) is 5.91 Å². The van der Waals surface area contributed by atoms with Gasteiger partial charge < -0.3 is 10.1 Å². The second-order valence-corrected chi connectivity index (χ2v) is 8.80. The van der Waals surface area contributed by atoms with Crippen LogP contribution >= 0.6 is 0 Å². The van der Waals surface area contributed by atoms with E-state index in [0.29, 0.717) is 19.5 Å². The summed E-state index contributed by atoms with van der Waals surface area (Å²) in [6.07, 6.45) is 2.02. The Morgan fingerprint density at radius 2 is 1.87 bits per heavy atom. The number of benzene rings is 1. The molecule has 1 fully saturated rings. The number of carbonyl (C=O) groups excluding carboxylic acids is 2. The lowest BCUT2D eigenvalue weighted by Crippen LogP contribution is -2.53. The van der Waals surface area contributed by atoms with Crippen LogP contribution in [0.3, 0.4) is 0 Å². The van der Waals surface area contributed by atoms with Crippen LogP contribution in [0.4, 0.5) is 4.79 Å². The van der Waals surface area contributed by atoms with Crippen LogP contribution in [-0.4, -0.2) is 44.9 Å². The van der Waals surface area contributed by atoms with Gasteiger partial charge in [0.05, 0.1) is 11.4 Å². The molecule has 2 aromatic rings. The zero-order chi connectivity index (χ0) is 21.9. The molecule has 2 amide bonds. The van der Waals surface area contributed by atoms with Gasteiger partial charge in [0.25, 0.3) is 0 Å². The highest BCUT2D eigenvalue weighted by Crippen LogP contribution is 2.22. The van der Waals surface area contributed by atoms with E-state index in [1.54, 1.807) is 4.90 Å². The van der Waals surface area contributed by atoms with Gasteiger partial charge in [-0.15, -0.1) is 0 Å². The Bertz CT molecular complexity index is 899. The lowest BCUT2D eigenvalue weighted by molar-refractivity contribution is -0.127. The van der Waals surface area contributed by atoms with Gasteiger partial charge in [-0.25, -0.2) is 9.48 Å². The molecule has 0 saturated carbocycles. The summed E-state index contributed by atoms with van der Waals surface area (Å²) in [6.45, 7) is 10.4. The summed E-state index contributed by atoms with van der Waals surface area (Å²) >= 11 is 0. The third kappa shape index (κ3) is 5.01. The maximum atomic E-state index is 13.0. The maximum Gasteiger partial charge on any atom is 0.410 e. The van der Waals surface area contributed by atoms with Crippen LogP contribution < -0.4 is 5.32 Å². The molecule has 1 aliphatic heterocycles. The average molecular weight is 413 g/mol. The van der Waals surface area contributed by atoms with Crippen molar-refractivity contribution in [3.8, 4) is 5.69 Å². The molecule has 1 unspecified atom stereocenters. The molecular weight excluding hydrogens is 380 g/mol. The zero-order valence-electron chi connectivity index (χ0n) is 18.6. The van der Waals surface area contributed by atoms with Gasteiger partial charge in [0.2, 0.25) is 5.91 Å². The van der Waals surface area contributed by atoms with Crippen LogP contribution in [0.1, 0.15) is 57.0 Å². The van der Waals surface area contributed by atoms with Crippen molar-refractivity contribution in [2.24, 2.45) is 0 Å². The van der Waals surface area contributed by atoms with Crippen molar-refractivity contribution < 1.29 is 14.3 Å². The van der Waals surface area contributed by atoms with E-state index >= 15 is 0 Å². The van der Waals surface area contributed by atoms with Crippen molar-refractivity contribution in [1.82, 2.24) is 20.0 Å². The van der Waals surface area contributed by atoms with E-state index in [1.165, 1.54) is 0 Å². The second-order valence-electron chi connectivity index (χ2n) is 8.80. The highest BCUT2D eigenvalue weighted by atomic mass is 16.6. The van der Waals surface area contributed by atoms with Crippen molar-refractivity contribution in [3.05, 3.63) is 47.3 Å². The minimum absolute atomic E-state index is 0.146.